The molecular weight excluding hydrogens is 310 g/mol. The molecule has 1 atom stereocenters. The van der Waals surface area contributed by atoms with Crippen molar-refractivity contribution in [3.8, 4) is 0 Å². The number of nitrogens with one attached hydrogen (secondary N) is 1. The van der Waals surface area contributed by atoms with E-state index >= 15 is 0 Å². The van der Waals surface area contributed by atoms with Crippen LogP contribution in [0, 0.1) is 0 Å². The largest absolute Gasteiger partial charge is 0.338 e. The normalized spacial score (nSPS) is 24.3. The van der Waals surface area contributed by atoms with Gasteiger partial charge in [0, 0.05) is 31.7 Å². The molecule has 0 spiro atoms. The van der Waals surface area contributed by atoms with Crippen LogP contribution in [0.1, 0.15) is 32.3 Å². The van der Waals surface area contributed by atoms with E-state index in [2.05, 4.69) is 59.3 Å². The first-order valence-electron chi connectivity index (χ1n) is 8.37. The first-order chi connectivity index (χ1) is 10.6. The third kappa shape index (κ3) is 4.25. The smallest absolute Gasteiger partial charge is 0.239 e. The Kier molecular flexibility index (Phi) is 6.06. The van der Waals surface area contributed by atoms with E-state index in [-0.39, 0.29) is 24.0 Å². The van der Waals surface area contributed by atoms with Crippen LogP contribution in [0.5, 0.6) is 0 Å². The van der Waals surface area contributed by atoms with Crippen LogP contribution in [0.3, 0.4) is 0 Å². The van der Waals surface area contributed by atoms with Crippen molar-refractivity contribution in [2.24, 2.45) is 0 Å². The number of piperazine rings is 1. The number of benzene rings is 1. The minimum absolute atomic E-state index is 0. The molecule has 2 aliphatic rings. The lowest BCUT2D eigenvalue weighted by Gasteiger charge is -2.47. The second kappa shape index (κ2) is 7.65. The molecule has 0 saturated carbocycles. The molecule has 0 bridgehead atoms. The van der Waals surface area contributed by atoms with Crippen LogP contribution in [0.15, 0.2) is 30.3 Å². The molecule has 0 unspecified atom stereocenters. The first-order valence-corrected chi connectivity index (χ1v) is 8.37. The van der Waals surface area contributed by atoms with E-state index in [1.54, 1.807) is 0 Å². The van der Waals surface area contributed by atoms with E-state index in [1.807, 2.05) is 0 Å². The highest BCUT2D eigenvalue weighted by Crippen LogP contribution is 2.24. The standard InChI is InChI=1S/C18H27N3O.ClH/c1-18(2)14-20(17(22)16-9-6-10-19-16)11-12-21(18)13-15-7-4-3-5-8-15;/h3-5,7-8,16,19H,6,9-14H2,1-2H3;1H/t16-;/m0./s1. The number of carbonyl (C=O) groups excluding carboxylic acids is 1. The Morgan fingerprint density at radius 3 is 2.61 bits per heavy atom. The molecule has 5 heteroatoms. The summed E-state index contributed by atoms with van der Waals surface area (Å²) in [5.41, 5.74) is 1.36. The number of rotatable bonds is 3. The number of carbonyl (C=O) groups is 1. The van der Waals surface area contributed by atoms with Crippen molar-refractivity contribution in [1.29, 1.82) is 0 Å². The van der Waals surface area contributed by atoms with Gasteiger partial charge in [-0.2, -0.15) is 0 Å². The second-order valence-electron chi connectivity index (χ2n) is 7.13. The summed E-state index contributed by atoms with van der Waals surface area (Å²) in [7, 11) is 0. The van der Waals surface area contributed by atoms with Crippen molar-refractivity contribution in [2.45, 2.75) is 44.8 Å². The molecule has 1 N–H and O–H groups in total. The molecule has 0 radical (unpaired) electrons. The Balaban J connectivity index is 0.00000192. The number of halogens is 1. The molecule has 0 aromatic heterocycles. The van der Waals surface area contributed by atoms with Gasteiger partial charge in [0.25, 0.3) is 0 Å². The highest BCUT2D eigenvalue weighted by molar-refractivity contribution is 5.85. The zero-order valence-corrected chi connectivity index (χ0v) is 14.9. The predicted octanol–water partition coefficient (Wildman–Crippen LogP) is 2.28. The Morgan fingerprint density at radius 2 is 2.00 bits per heavy atom. The number of hydrogen-bond donors (Lipinski definition) is 1. The van der Waals surface area contributed by atoms with Crippen LogP contribution in [-0.4, -0.2) is 53.5 Å². The van der Waals surface area contributed by atoms with Crippen molar-refractivity contribution in [1.82, 2.24) is 15.1 Å². The molecule has 23 heavy (non-hydrogen) atoms. The zero-order valence-electron chi connectivity index (χ0n) is 14.1. The molecular formula is C18H28ClN3O. The minimum Gasteiger partial charge on any atom is -0.338 e. The monoisotopic (exact) mass is 337 g/mol. The highest BCUT2D eigenvalue weighted by atomic mass is 35.5. The Bertz CT molecular complexity index is 514. The lowest BCUT2D eigenvalue weighted by atomic mass is 9.97. The number of amides is 1. The molecule has 2 heterocycles. The van der Waals surface area contributed by atoms with Gasteiger partial charge in [-0.25, -0.2) is 0 Å². The summed E-state index contributed by atoms with van der Waals surface area (Å²) in [6, 6.07) is 10.6. The third-order valence-electron chi connectivity index (χ3n) is 4.96. The van der Waals surface area contributed by atoms with Gasteiger partial charge in [0.1, 0.15) is 0 Å². The summed E-state index contributed by atoms with van der Waals surface area (Å²) < 4.78 is 0. The molecule has 1 amide bonds. The SMILES string of the molecule is CC1(C)CN(C(=O)[C@@H]2CCCN2)CCN1Cc1ccccc1.Cl. The molecule has 0 aliphatic carbocycles. The number of hydrogen-bond acceptors (Lipinski definition) is 3. The van der Waals surface area contributed by atoms with E-state index in [0.717, 1.165) is 45.6 Å². The average Bonchev–Trinajstić information content (AvgIpc) is 3.03. The summed E-state index contributed by atoms with van der Waals surface area (Å²) >= 11 is 0. The zero-order chi connectivity index (χ0) is 15.6. The third-order valence-corrected chi connectivity index (χ3v) is 4.96. The van der Waals surface area contributed by atoms with Crippen molar-refractivity contribution in [3.63, 3.8) is 0 Å². The van der Waals surface area contributed by atoms with E-state index in [1.165, 1.54) is 5.56 Å². The fraction of sp³-hybridized carbons (Fsp3) is 0.611. The van der Waals surface area contributed by atoms with Crippen molar-refractivity contribution >= 4 is 18.3 Å². The quantitative estimate of drug-likeness (QED) is 0.919. The van der Waals surface area contributed by atoms with Crippen LogP contribution < -0.4 is 5.32 Å². The maximum absolute atomic E-state index is 12.6. The highest BCUT2D eigenvalue weighted by Gasteiger charge is 2.37. The summed E-state index contributed by atoms with van der Waals surface area (Å²) in [4.78, 5) is 17.2. The van der Waals surface area contributed by atoms with Crippen LogP contribution in [0.2, 0.25) is 0 Å². The van der Waals surface area contributed by atoms with Gasteiger partial charge in [-0.05, 0) is 38.8 Å². The Hall–Kier alpha value is -1.10. The molecule has 2 saturated heterocycles. The molecule has 1 aromatic carbocycles. The van der Waals surface area contributed by atoms with E-state index in [4.69, 9.17) is 0 Å². The fourth-order valence-electron chi connectivity index (χ4n) is 3.59. The molecule has 3 rings (SSSR count). The molecule has 4 nitrogen and oxygen atoms in total. The topological polar surface area (TPSA) is 35.6 Å². The van der Waals surface area contributed by atoms with Crippen molar-refractivity contribution in [3.05, 3.63) is 35.9 Å². The van der Waals surface area contributed by atoms with Crippen LogP contribution in [0.25, 0.3) is 0 Å². The van der Waals surface area contributed by atoms with E-state index < -0.39 is 0 Å². The van der Waals surface area contributed by atoms with Gasteiger partial charge in [-0.3, -0.25) is 9.69 Å². The first kappa shape index (κ1) is 18.2. The van der Waals surface area contributed by atoms with Crippen LogP contribution in [-0.2, 0) is 11.3 Å². The summed E-state index contributed by atoms with van der Waals surface area (Å²) in [5.74, 6) is 0.296. The summed E-state index contributed by atoms with van der Waals surface area (Å²) in [5, 5.41) is 3.33. The average molecular weight is 338 g/mol. The lowest BCUT2D eigenvalue weighted by molar-refractivity contribution is -0.138. The van der Waals surface area contributed by atoms with Gasteiger partial charge < -0.3 is 10.2 Å². The maximum Gasteiger partial charge on any atom is 0.239 e. The maximum atomic E-state index is 12.6. The van der Waals surface area contributed by atoms with Crippen molar-refractivity contribution in [2.75, 3.05) is 26.2 Å². The summed E-state index contributed by atoms with van der Waals surface area (Å²) in [6.07, 6.45) is 2.11. The molecule has 128 valence electrons. The Morgan fingerprint density at radius 1 is 1.26 bits per heavy atom. The molecule has 1 aromatic rings. The van der Waals surface area contributed by atoms with Gasteiger partial charge in [-0.15, -0.1) is 12.4 Å². The number of nitrogens with zero attached hydrogens (tertiary/aromatic N) is 2. The lowest BCUT2D eigenvalue weighted by Crippen LogP contribution is -2.61. The Labute approximate surface area is 145 Å². The van der Waals surface area contributed by atoms with Crippen molar-refractivity contribution < 1.29 is 4.79 Å². The molecule has 2 aliphatic heterocycles. The second-order valence-corrected chi connectivity index (χ2v) is 7.13. The van der Waals surface area contributed by atoms with Gasteiger partial charge in [0.15, 0.2) is 0 Å². The minimum atomic E-state index is 0. The van der Waals surface area contributed by atoms with Gasteiger partial charge >= 0.3 is 0 Å². The van der Waals surface area contributed by atoms with Crippen LogP contribution in [0.4, 0.5) is 0 Å². The van der Waals surface area contributed by atoms with Gasteiger partial charge in [-0.1, -0.05) is 30.3 Å². The van der Waals surface area contributed by atoms with E-state index in [9.17, 15) is 4.79 Å². The predicted molar refractivity (Wildman–Crippen MR) is 95.8 cm³/mol. The molecule has 2 fully saturated rings. The van der Waals surface area contributed by atoms with E-state index in [0.29, 0.717) is 5.91 Å². The van der Waals surface area contributed by atoms with Gasteiger partial charge in [0.2, 0.25) is 5.91 Å². The van der Waals surface area contributed by atoms with Crippen LogP contribution >= 0.6 is 12.4 Å². The van der Waals surface area contributed by atoms with Gasteiger partial charge in [0.05, 0.1) is 6.04 Å². The summed E-state index contributed by atoms with van der Waals surface area (Å²) in [6.45, 7) is 9.03. The fourth-order valence-corrected chi connectivity index (χ4v) is 3.59.